The second-order valence-electron chi connectivity index (χ2n) is 5.94. The molecule has 3 aromatic rings. The molecule has 0 saturated carbocycles. The smallest absolute Gasteiger partial charge is 0.404 e. The predicted molar refractivity (Wildman–Crippen MR) is 98.0 cm³/mol. The fourth-order valence-corrected chi connectivity index (χ4v) is 4.35. The van der Waals surface area contributed by atoms with Crippen LogP contribution in [-0.2, 0) is 19.5 Å². The Morgan fingerprint density at radius 2 is 2.04 bits per heavy atom. The highest BCUT2D eigenvalue weighted by Crippen LogP contribution is 2.36. The number of nitrogens with one attached hydrogen (secondary N) is 1. The molecule has 1 aliphatic rings. The third-order valence-electron chi connectivity index (χ3n) is 4.45. The Balaban J connectivity index is 1.95. The number of carboxylic acid groups (broad SMARTS) is 1. The van der Waals surface area contributed by atoms with E-state index in [1.807, 2.05) is 41.8 Å². The van der Waals surface area contributed by atoms with E-state index in [0.29, 0.717) is 12.1 Å². The summed E-state index contributed by atoms with van der Waals surface area (Å²) in [6.45, 7) is 0.779. The molecule has 0 radical (unpaired) electrons. The van der Waals surface area contributed by atoms with Crippen molar-refractivity contribution in [2.24, 2.45) is 0 Å². The minimum absolute atomic E-state index is 0.0284. The molecule has 1 aliphatic heterocycles. The lowest BCUT2D eigenvalue weighted by molar-refractivity contribution is 0.194. The number of aromatic nitrogens is 1. The topological polar surface area (TPSA) is 71.3 Å². The van der Waals surface area contributed by atoms with Crippen LogP contribution in [0.2, 0.25) is 0 Å². The summed E-state index contributed by atoms with van der Waals surface area (Å²) in [5.74, 6) is 0. The first kappa shape index (κ1) is 15.7. The molecule has 0 aliphatic carbocycles. The van der Waals surface area contributed by atoms with E-state index in [0.717, 1.165) is 28.1 Å². The number of hydrogen-bond acceptors (Lipinski definition) is 3. The molecule has 1 amide bonds. The quantitative estimate of drug-likeness (QED) is 0.757. The Morgan fingerprint density at radius 3 is 2.80 bits per heavy atom. The number of aryl methyl sites for hydroxylation is 1. The largest absolute Gasteiger partial charge is 0.465 e. The third-order valence-corrected chi connectivity index (χ3v) is 5.41. The highest BCUT2D eigenvalue weighted by atomic mass is 32.1. The van der Waals surface area contributed by atoms with Gasteiger partial charge in [0.15, 0.2) is 0 Å². The van der Waals surface area contributed by atoms with Gasteiger partial charge in [-0.2, -0.15) is 0 Å². The fraction of sp³-hybridized carbons (Fsp3) is 0.158. The van der Waals surface area contributed by atoms with Crippen LogP contribution in [0.25, 0.3) is 21.7 Å². The lowest BCUT2D eigenvalue weighted by Gasteiger charge is -2.23. The Morgan fingerprint density at radius 1 is 1.24 bits per heavy atom. The van der Waals surface area contributed by atoms with Gasteiger partial charge in [-0.1, -0.05) is 30.3 Å². The van der Waals surface area contributed by atoms with Crippen molar-refractivity contribution >= 4 is 17.4 Å². The zero-order valence-electron chi connectivity index (χ0n) is 13.4. The first-order chi connectivity index (χ1) is 12.1. The molecule has 126 valence electrons. The Hall–Kier alpha value is -2.86. The summed E-state index contributed by atoms with van der Waals surface area (Å²) >= 11 is 1.59. The maximum atomic E-state index is 13.1. The van der Waals surface area contributed by atoms with Crippen molar-refractivity contribution in [3.63, 3.8) is 0 Å². The van der Waals surface area contributed by atoms with E-state index in [2.05, 4.69) is 11.4 Å². The number of benzene rings is 1. The van der Waals surface area contributed by atoms with E-state index in [1.165, 1.54) is 5.56 Å². The number of thiophene rings is 1. The number of carbonyl (C=O) groups is 1. The molecule has 3 heterocycles. The highest BCUT2D eigenvalue weighted by molar-refractivity contribution is 7.13. The van der Waals surface area contributed by atoms with Crippen molar-refractivity contribution in [2.45, 2.75) is 19.5 Å². The van der Waals surface area contributed by atoms with Crippen LogP contribution in [0, 0.1) is 0 Å². The average molecular weight is 352 g/mol. The van der Waals surface area contributed by atoms with Crippen LogP contribution in [0.15, 0.2) is 52.6 Å². The van der Waals surface area contributed by atoms with Gasteiger partial charge in [0, 0.05) is 18.7 Å². The predicted octanol–water partition coefficient (Wildman–Crippen LogP) is 3.57. The normalized spacial score (nSPS) is 12.3. The second-order valence-corrected chi connectivity index (χ2v) is 6.85. The Labute approximate surface area is 148 Å². The van der Waals surface area contributed by atoms with Gasteiger partial charge in [-0.25, -0.2) is 4.79 Å². The van der Waals surface area contributed by atoms with E-state index in [9.17, 15) is 9.59 Å². The van der Waals surface area contributed by atoms with E-state index in [4.69, 9.17) is 5.11 Å². The van der Waals surface area contributed by atoms with Crippen molar-refractivity contribution in [3.8, 4) is 21.7 Å². The van der Waals surface area contributed by atoms with Gasteiger partial charge in [0.2, 0.25) is 0 Å². The van der Waals surface area contributed by atoms with Gasteiger partial charge in [-0.05, 0) is 40.6 Å². The first-order valence-electron chi connectivity index (χ1n) is 8.01. The van der Waals surface area contributed by atoms with Gasteiger partial charge in [0.25, 0.3) is 5.56 Å². The summed E-state index contributed by atoms with van der Waals surface area (Å²) in [4.78, 5) is 25.1. The van der Waals surface area contributed by atoms with Gasteiger partial charge in [0.1, 0.15) is 0 Å². The zero-order valence-corrected chi connectivity index (χ0v) is 14.2. The molecule has 0 bridgehead atoms. The van der Waals surface area contributed by atoms with Crippen molar-refractivity contribution < 1.29 is 9.90 Å². The van der Waals surface area contributed by atoms with Crippen molar-refractivity contribution in [1.29, 1.82) is 0 Å². The van der Waals surface area contributed by atoms with Crippen LogP contribution in [0.1, 0.15) is 11.1 Å². The van der Waals surface area contributed by atoms with Crippen molar-refractivity contribution in [2.75, 3.05) is 0 Å². The third kappa shape index (κ3) is 2.74. The molecule has 0 saturated heterocycles. The molecule has 2 aromatic heterocycles. The summed E-state index contributed by atoms with van der Waals surface area (Å²) in [7, 11) is 0. The second kappa shape index (κ2) is 6.22. The van der Waals surface area contributed by atoms with Crippen LogP contribution in [0.5, 0.6) is 0 Å². The summed E-state index contributed by atoms with van der Waals surface area (Å²) < 4.78 is 1.79. The Kier molecular flexibility index (Phi) is 3.89. The maximum absolute atomic E-state index is 13.1. The molecular weight excluding hydrogens is 336 g/mol. The van der Waals surface area contributed by atoms with E-state index >= 15 is 0 Å². The first-order valence-corrected chi connectivity index (χ1v) is 8.89. The lowest BCUT2D eigenvalue weighted by atomic mass is 9.98. The highest BCUT2D eigenvalue weighted by Gasteiger charge is 2.24. The summed E-state index contributed by atoms with van der Waals surface area (Å²) in [6, 6.07) is 13.4. The lowest BCUT2D eigenvalue weighted by Crippen LogP contribution is -2.30. The van der Waals surface area contributed by atoms with Gasteiger partial charge in [-0.15, -0.1) is 11.3 Å². The number of amides is 1. The van der Waals surface area contributed by atoms with Crippen molar-refractivity contribution in [1.82, 2.24) is 9.88 Å². The van der Waals surface area contributed by atoms with Gasteiger partial charge >= 0.3 is 6.09 Å². The summed E-state index contributed by atoms with van der Waals surface area (Å²) in [5, 5.41) is 13.5. The van der Waals surface area contributed by atoms with Gasteiger partial charge in [-0.3, -0.25) is 4.79 Å². The van der Waals surface area contributed by atoms with Crippen LogP contribution >= 0.6 is 11.3 Å². The molecule has 0 fully saturated rings. The van der Waals surface area contributed by atoms with Crippen LogP contribution in [-0.4, -0.2) is 15.8 Å². The number of pyridine rings is 1. The average Bonchev–Trinajstić information content (AvgIpc) is 3.10. The molecule has 5 nitrogen and oxygen atoms in total. The van der Waals surface area contributed by atoms with Crippen molar-refractivity contribution in [3.05, 3.63) is 69.3 Å². The minimum Gasteiger partial charge on any atom is -0.465 e. The standard InChI is InChI=1S/C19H16N2O3S/c22-18-15(12-4-2-1-3-5-12)10-14(11-20-19(23)24)16-17-13(7-9-25-17)6-8-21(16)18/h1-5,7,9-10,20H,6,8,11H2,(H,23,24). The molecule has 4 rings (SSSR count). The number of rotatable bonds is 3. The monoisotopic (exact) mass is 352 g/mol. The SMILES string of the molecule is O=C(O)NCc1cc(-c2ccccc2)c(=O)n2c1-c1sccc1CC2. The summed E-state index contributed by atoms with van der Waals surface area (Å²) in [5.41, 5.74) is 4.30. The number of hydrogen-bond donors (Lipinski definition) is 2. The molecule has 6 heteroatoms. The molecule has 1 aromatic carbocycles. The minimum atomic E-state index is -1.08. The maximum Gasteiger partial charge on any atom is 0.404 e. The molecular formula is C19H16N2O3S. The zero-order chi connectivity index (χ0) is 17.4. The van der Waals surface area contributed by atoms with Crippen LogP contribution in [0.4, 0.5) is 4.79 Å². The molecule has 0 atom stereocenters. The molecule has 0 spiro atoms. The summed E-state index contributed by atoms with van der Waals surface area (Å²) in [6.07, 6.45) is -0.260. The van der Waals surface area contributed by atoms with E-state index in [1.54, 1.807) is 15.9 Å². The van der Waals surface area contributed by atoms with Gasteiger partial charge in [0.05, 0.1) is 10.6 Å². The Bertz CT molecular complexity index is 1010. The number of fused-ring (bicyclic) bond motifs is 3. The molecule has 2 N–H and O–H groups in total. The fourth-order valence-electron chi connectivity index (χ4n) is 3.31. The van der Waals surface area contributed by atoms with Crippen LogP contribution in [0.3, 0.4) is 0 Å². The van der Waals surface area contributed by atoms with E-state index < -0.39 is 6.09 Å². The molecule has 0 unspecified atom stereocenters. The van der Waals surface area contributed by atoms with E-state index in [-0.39, 0.29) is 12.1 Å². The van der Waals surface area contributed by atoms with Crippen LogP contribution < -0.4 is 10.9 Å². The van der Waals surface area contributed by atoms with Gasteiger partial charge < -0.3 is 15.0 Å². The molecule has 25 heavy (non-hydrogen) atoms. The number of nitrogens with zero attached hydrogens (tertiary/aromatic N) is 1.